The molecule has 4 aromatic carbocycles. The third-order valence-corrected chi connectivity index (χ3v) is 17.6. The lowest BCUT2D eigenvalue weighted by atomic mass is 9.93. The van der Waals surface area contributed by atoms with Gasteiger partial charge in [0.1, 0.15) is 0 Å². The van der Waals surface area contributed by atoms with Crippen molar-refractivity contribution >= 4 is 23.2 Å². The van der Waals surface area contributed by atoms with E-state index >= 15 is 0 Å². The van der Waals surface area contributed by atoms with Gasteiger partial charge in [0, 0.05) is 136 Å². The summed E-state index contributed by atoms with van der Waals surface area (Å²) >= 11 is 0. The van der Waals surface area contributed by atoms with Crippen LogP contribution in [0.15, 0.2) is 88.5 Å². The molecule has 10 rings (SSSR count). The lowest BCUT2D eigenvalue weighted by molar-refractivity contribution is -0.00286. The second-order valence-electron chi connectivity index (χ2n) is 23.1. The van der Waals surface area contributed by atoms with Crippen molar-refractivity contribution in [3.8, 4) is 22.3 Å². The zero-order valence-corrected chi connectivity index (χ0v) is 48.6. The maximum atomic E-state index is 14.7. The monoisotopic (exact) mass is 1100 g/mol. The number of benzene rings is 4. The Bertz CT molecular complexity index is 3350. The number of likely N-dealkylation sites (tertiary alicyclic amines) is 2. The molecule has 81 heavy (non-hydrogen) atoms. The van der Waals surface area contributed by atoms with Gasteiger partial charge in [-0.15, -0.1) is 0 Å². The number of carbonyl (C=O) groups is 2. The summed E-state index contributed by atoms with van der Waals surface area (Å²) in [5.41, 5.74) is 15.8. The zero-order chi connectivity index (χ0) is 56.9. The number of β-amino-alcohol motifs (C(OH)–C–C–N with tert-alkyl or cyclic N) is 1. The molecule has 0 unspecified atom stereocenters. The lowest BCUT2D eigenvalue weighted by Gasteiger charge is -2.38. The van der Waals surface area contributed by atoms with Crippen LogP contribution in [-0.2, 0) is 42.1 Å². The molecule has 2 amide bonds. The second kappa shape index (κ2) is 25.5. The number of anilines is 2. The third kappa shape index (κ3) is 13.1. The van der Waals surface area contributed by atoms with Gasteiger partial charge < -0.3 is 45.0 Å². The molecule has 4 aliphatic rings. The molecule has 2 aromatic heterocycles. The Morgan fingerprint density at radius 2 is 1.10 bits per heavy atom. The van der Waals surface area contributed by atoms with E-state index in [4.69, 9.17) is 9.47 Å². The van der Waals surface area contributed by atoms with Crippen molar-refractivity contribution in [2.45, 2.75) is 131 Å². The Labute approximate surface area is 477 Å². The third-order valence-electron chi connectivity index (χ3n) is 17.6. The van der Waals surface area contributed by atoms with Crippen LogP contribution in [0.1, 0.15) is 121 Å². The highest BCUT2D eigenvalue weighted by Gasteiger charge is 2.30. The number of aromatic amines is 2. The van der Waals surface area contributed by atoms with Gasteiger partial charge in [-0.2, -0.15) is 0 Å². The van der Waals surface area contributed by atoms with E-state index in [1.54, 1.807) is 0 Å². The number of pyridine rings is 2. The Morgan fingerprint density at radius 1 is 0.605 bits per heavy atom. The van der Waals surface area contributed by atoms with Crippen LogP contribution in [0.3, 0.4) is 0 Å². The first-order valence-electron chi connectivity index (χ1n) is 29.4. The number of nitrogens with zero attached hydrogens (tertiary/aromatic N) is 4. The molecule has 4 fully saturated rings. The van der Waals surface area contributed by atoms with E-state index in [1.807, 2.05) is 59.7 Å². The Balaban J connectivity index is 0.943. The van der Waals surface area contributed by atoms with E-state index in [0.717, 1.165) is 137 Å². The quantitative estimate of drug-likeness (QED) is 0.0495. The minimum Gasteiger partial charge on any atom is -0.390 e. The number of aliphatic hydroxyl groups is 1. The fourth-order valence-electron chi connectivity index (χ4n) is 12.7. The summed E-state index contributed by atoms with van der Waals surface area (Å²) in [6, 6.07) is 27.9. The highest BCUT2D eigenvalue weighted by atomic mass is 16.5. The van der Waals surface area contributed by atoms with Crippen LogP contribution in [-0.4, -0.2) is 121 Å². The zero-order valence-electron chi connectivity index (χ0n) is 48.6. The van der Waals surface area contributed by atoms with Crippen molar-refractivity contribution in [2.24, 2.45) is 0 Å². The number of hydrogen-bond donors (Lipinski definition) is 5. The van der Waals surface area contributed by atoms with E-state index < -0.39 is 0 Å². The SMILES string of the molecule is CCN(c1cc(-c2ccc(CN3CCC3)cc2)cc(C(=O)NCc2c(C)c(CCN(c3cc(-c4ccc(CN5CC(O)C5)cc4)cc(C(=O)NCc4c(C)cc(C)[nH]c4=O)c3C)C3CCOCC3)c(C)[nH]c2=O)c1C)C1CCOCC1. The molecule has 5 N–H and O–H groups in total. The second-order valence-corrected chi connectivity index (χ2v) is 23.1. The lowest BCUT2D eigenvalue weighted by Crippen LogP contribution is -2.49. The van der Waals surface area contributed by atoms with Gasteiger partial charge >= 0.3 is 0 Å². The maximum absolute atomic E-state index is 14.7. The molecule has 0 bridgehead atoms. The summed E-state index contributed by atoms with van der Waals surface area (Å²) < 4.78 is 11.7. The molecule has 6 aromatic rings. The van der Waals surface area contributed by atoms with Crippen LogP contribution in [0.5, 0.6) is 0 Å². The first-order chi connectivity index (χ1) is 39.1. The number of hydrogen-bond acceptors (Lipinski definition) is 11. The predicted molar refractivity (Wildman–Crippen MR) is 322 cm³/mol. The molecule has 6 heterocycles. The number of amides is 2. The van der Waals surface area contributed by atoms with Crippen LogP contribution >= 0.6 is 0 Å². The summed E-state index contributed by atoms with van der Waals surface area (Å²) in [6.07, 6.45) is 4.96. The average Bonchev–Trinajstić information content (AvgIpc) is 3.65. The van der Waals surface area contributed by atoms with E-state index in [0.29, 0.717) is 80.8 Å². The van der Waals surface area contributed by atoms with Crippen molar-refractivity contribution in [3.63, 3.8) is 0 Å². The summed E-state index contributed by atoms with van der Waals surface area (Å²) in [7, 11) is 0. The Kier molecular flexibility index (Phi) is 18.1. The summed E-state index contributed by atoms with van der Waals surface area (Å²) in [5, 5.41) is 16.2. The van der Waals surface area contributed by atoms with Crippen molar-refractivity contribution in [2.75, 3.05) is 75.5 Å². The van der Waals surface area contributed by atoms with Crippen LogP contribution in [0.2, 0.25) is 0 Å². The molecule has 4 aliphatic heterocycles. The number of aryl methyl sites for hydroxylation is 3. The van der Waals surface area contributed by atoms with Crippen molar-refractivity contribution in [1.82, 2.24) is 30.4 Å². The number of aliphatic hydroxyl groups excluding tert-OH is 1. The molecule has 15 heteroatoms. The predicted octanol–water partition coefficient (Wildman–Crippen LogP) is 8.72. The molecule has 0 saturated carbocycles. The average molecular weight is 1100 g/mol. The normalized spacial score (nSPS) is 16.4. The van der Waals surface area contributed by atoms with Crippen molar-refractivity contribution in [3.05, 3.63) is 172 Å². The fraction of sp³-hybridized carbons (Fsp3) is 0.455. The molecule has 4 saturated heterocycles. The van der Waals surface area contributed by atoms with Gasteiger partial charge in [-0.05, 0) is 192 Å². The van der Waals surface area contributed by atoms with Gasteiger partial charge in [-0.1, -0.05) is 48.5 Å². The van der Waals surface area contributed by atoms with Gasteiger partial charge in [0.05, 0.1) is 6.10 Å². The van der Waals surface area contributed by atoms with Crippen LogP contribution in [0.25, 0.3) is 22.3 Å². The number of rotatable bonds is 20. The maximum Gasteiger partial charge on any atom is 0.253 e. The molecule has 428 valence electrons. The summed E-state index contributed by atoms with van der Waals surface area (Å²) in [4.78, 5) is 72.0. The van der Waals surface area contributed by atoms with Crippen LogP contribution < -0.4 is 31.6 Å². The van der Waals surface area contributed by atoms with Gasteiger partial charge in [0.25, 0.3) is 22.9 Å². The first-order valence-corrected chi connectivity index (χ1v) is 29.4. The largest absolute Gasteiger partial charge is 0.390 e. The number of aromatic nitrogens is 2. The first kappa shape index (κ1) is 57.4. The minimum absolute atomic E-state index is 0.0466. The number of ether oxygens (including phenoxy) is 2. The van der Waals surface area contributed by atoms with E-state index in [2.05, 4.69) is 108 Å². The minimum atomic E-state index is -0.277. The number of carbonyl (C=O) groups excluding carboxylic acids is 2. The highest BCUT2D eigenvalue weighted by molar-refractivity contribution is 6.00. The van der Waals surface area contributed by atoms with E-state index in [-0.39, 0.29) is 48.2 Å². The topological polar surface area (TPSA) is 176 Å². The fourth-order valence-corrected chi connectivity index (χ4v) is 12.7. The number of nitrogens with one attached hydrogen (secondary N) is 4. The molecule has 0 aliphatic carbocycles. The van der Waals surface area contributed by atoms with Gasteiger partial charge in [-0.3, -0.25) is 29.0 Å². The molecule has 0 spiro atoms. The Morgan fingerprint density at radius 3 is 1.59 bits per heavy atom. The van der Waals surface area contributed by atoms with Gasteiger partial charge in [0.2, 0.25) is 0 Å². The van der Waals surface area contributed by atoms with Crippen molar-refractivity contribution < 1.29 is 24.2 Å². The smallest absolute Gasteiger partial charge is 0.253 e. The molecular formula is C66H82N8O7. The van der Waals surface area contributed by atoms with E-state index in [1.165, 1.54) is 12.0 Å². The Hall–Kier alpha value is -6.88. The molecule has 0 radical (unpaired) electrons. The van der Waals surface area contributed by atoms with Crippen LogP contribution in [0.4, 0.5) is 11.4 Å². The molecule has 0 atom stereocenters. The van der Waals surface area contributed by atoms with Gasteiger partial charge in [0.15, 0.2) is 0 Å². The summed E-state index contributed by atoms with van der Waals surface area (Å²) in [5.74, 6) is -0.512. The van der Waals surface area contributed by atoms with E-state index in [9.17, 15) is 24.3 Å². The highest BCUT2D eigenvalue weighted by Crippen LogP contribution is 2.37. The summed E-state index contributed by atoms with van der Waals surface area (Å²) in [6.45, 7) is 23.3. The molecule has 15 nitrogen and oxygen atoms in total. The number of H-pyrrole nitrogens is 2. The van der Waals surface area contributed by atoms with Gasteiger partial charge in [-0.25, -0.2) is 0 Å². The van der Waals surface area contributed by atoms with Crippen LogP contribution in [0, 0.1) is 41.5 Å². The standard InChI is InChI=1S/C66H82N8O7/c1-8-73(53-19-26-80-27-20-53)61-33-51(49-14-10-47(11-15-49)37-71-23-9-24-71)31-57(44(61)5)64(77)68-36-60-43(4)56(46(7)70-66(60)79)18-25-74(54-21-28-81-29-22-54)62-34-52(50-16-12-48(13-17-50)38-72-39-55(75)40-72)32-58(45(62)6)63(76)67-35-59-41(2)30-42(3)69-65(59)78/h10-17,30-34,53-55,75H,8-9,18-29,35-40H2,1-7H3,(H,67,76)(H,68,77)(H,69,78)(H,70,79). The molecular weight excluding hydrogens is 1020 g/mol. The van der Waals surface area contributed by atoms with Crippen molar-refractivity contribution in [1.29, 1.82) is 0 Å².